The molecule has 4 heteroatoms. The summed E-state index contributed by atoms with van der Waals surface area (Å²) in [6.45, 7) is 2.05. The van der Waals surface area contributed by atoms with Crippen LogP contribution in [0.2, 0.25) is 0 Å². The van der Waals surface area contributed by atoms with Crippen LogP contribution in [0.15, 0.2) is 24.3 Å². The maximum Gasteiger partial charge on any atom is 0.270 e. The van der Waals surface area contributed by atoms with Crippen molar-refractivity contribution in [3.05, 3.63) is 52.3 Å². The van der Waals surface area contributed by atoms with Gasteiger partial charge in [0.1, 0.15) is 5.69 Å². The van der Waals surface area contributed by atoms with E-state index < -0.39 is 0 Å². The van der Waals surface area contributed by atoms with Gasteiger partial charge in [0.15, 0.2) is 0 Å². The predicted molar refractivity (Wildman–Crippen MR) is 89.5 cm³/mol. The third kappa shape index (κ3) is 2.78. The molecule has 0 aliphatic heterocycles. The van der Waals surface area contributed by atoms with Gasteiger partial charge in [-0.25, -0.2) is 0 Å². The first-order valence-electron chi connectivity index (χ1n) is 8.58. The lowest BCUT2D eigenvalue weighted by Crippen LogP contribution is -2.28. The van der Waals surface area contributed by atoms with E-state index in [1.165, 1.54) is 42.4 Å². The SMILES string of the molecule is C[C@H](NC(=O)c1cc(C2CC2)nn1C)c1ccc2c(c1)CCC2. The third-order valence-electron chi connectivity index (χ3n) is 5.10. The summed E-state index contributed by atoms with van der Waals surface area (Å²) in [6.07, 6.45) is 6.00. The van der Waals surface area contributed by atoms with Crippen LogP contribution < -0.4 is 5.32 Å². The summed E-state index contributed by atoms with van der Waals surface area (Å²) < 4.78 is 1.71. The second-order valence-electron chi connectivity index (χ2n) is 6.93. The number of benzene rings is 1. The van der Waals surface area contributed by atoms with Crippen LogP contribution in [0.25, 0.3) is 0 Å². The van der Waals surface area contributed by atoms with E-state index >= 15 is 0 Å². The second-order valence-corrected chi connectivity index (χ2v) is 6.93. The van der Waals surface area contributed by atoms with Crippen LogP contribution in [0.1, 0.15) is 71.0 Å². The van der Waals surface area contributed by atoms with E-state index in [2.05, 4.69) is 28.6 Å². The Kier molecular flexibility index (Phi) is 3.47. The van der Waals surface area contributed by atoms with Gasteiger partial charge in [-0.2, -0.15) is 5.10 Å². The first-order valence-corrected chi connectivity index (χ1v) is 8.58. The molecule has 1 fully saturated rings. The van der Waals surface area contributed by atoms with E-state index in [1.807, 2.05) is 20.0 Å². The van der Waals surface area contributed by atoms with Gasteiger partial charge in [-0.05, 0) is 61.8 Å². The van der Waals surface area contributed by atoms with Crippen molar-refractivity contribution >= 4 is 5.91 Å². The van der Waals surface area contributed by atoms with Crippen molar-refractivity contribution in [2.24, 2.45) is 7.05 Å². The number of nitrogens with one attached hydrogen (secondary N) is 1. The van der Waals surface area contributed by atoms with Gasteiger partial charge >= 0.3 is 0 Å². The molecule has 1 atom stereocenters. The lowest BCUT2D eigenvalue weighted by Gasteiger charge is -2.15. The lowest BCUT2D eigenvalue weighted by atomic mass is 10.0. The zero-order valence-electron chi connectivity index (χ0n) is 13.8. The summed E-state index contributed by atoms with van der Waals surface area (Å²) in [5.74, 6) is 0.525. The molecule has 0 bridgehead atoms. The molecule has 4 rings (SSSR count). The van der Waals surface area contributed by atoms with Crippen molar-refractivity contribution in [2.75, 3.05) is 0 Å². The van der Waals surface area contributed by atoms with Gasteiger partial charge in [0, 0.05) is 13.0 Å². The molecule has 2 aromatic rings. The van der Waals surface area contributed by atoms with Gasteiger partial charge in [0.2, 0.25) is 0 Å². The normalized spacial score (nSPS) is 17.8. The van der Waals surface area contributed by atoms with Crippen LogP contribution in [0.4, 0.5) is 0 Å². The van der Waals surface area contributed by atoms with Crippen LogP contribution in [-0.2, 0) is 19.9 Å². The molecule has 1 amide bonds. The van der Waals surface area contributed by atoms with E-state index in [9.17, 15) is 4.79 Å². The van der Waals surface area contributed by atoms with Crippen molar-refractivity contribution in [2.45, 2.75) is 51.0 Å². The largest absolute Gasteiger partial charge is 0.344 e. The topological polar surface area (TPSA) is 46.9 Å². The molecule has 0 saturated heterocycles. The average molecular weight is 309 g/mol. The lowest BCUT2D eigenvalue weighted by molar-refractivity contribution is 0.0930. The fraction of sp³-hybridized carbons (Fsp3) is 0.474. The summed E-state index contributed by atoms with van der Waals surface area (Å²) in [5, 5.41) is 7.59. The van der Waals surface area contributed by atoms with Crippen molar-refractivity contribution in [3.8, 4) is 0 Å². The summed E-state index contributed by atoms with van der Waals surface area (Å²) in [7, 11) is 1.85. The summed E-state index contributed by atoms with van der Waals surface area (Å²) in [6, 6.07) is 8.57. The Morgan fingerprint density at radius 3 is 2.83 bits per heavy atom. The van der Waals surface area contributed by atoms with Crippen molar-refractivity contribution < 1.29 is 4.79 Å². The maximum absolute atomic E-state index is 12.6. The number of hydrogen-bond acceptors (Lipinski definition) is 2. The minimum atomic E-state index is -0.0418. The zero-order chi connectivity index (χ0) is 16.0. The van der Waals surface area contributed by atoms with Crippen LogP contribution in [0.3, 0.4) is 0 Å². The molecule has 120 valence electrons. The standard InChI is InChI=1S/C19H23N3O/c1-12(15-9-6-13-4-3-5-16(13)10-15)20-19(23)18-11-17(14-7-8-14)21-22(18)2/h6,9-12,14H,3-5,7-8H2,1-2H3,(H,20,23)/t12-/m0/s1. The highest BCUT2D eigenvalue weighted by molar-refractivity contribution is 5.93. The number of carbonyl (C=O) groups is 1. The van der Waals surface area contributed by atoms with Crippen molar-refractivity contribution in [1.82, 2.24) is 15.1 Å². The fourth-order valence-electron chi connectivity index (χ4n) is 3.50. The molecule has 1 heterocycles. The van der Waals surface area contributed by atoms with E-state index in [0.717, 1.165) is 12.1 Å². The smallest absolute Gasteiger partial charge is 0.270 e. The van der Waals surface area contributed by atoms with Crippen LogP contribution in [0, 0.1) is 0 Å². The monoisotopic (exact) mass is 309 g/mol. The Morgan fingerprint density at radius 1 is 1.26 bits per heavy atom. The Balaban J connectivity index is 1.49. The molecule has 1 saturated carbocycles. The molecule has 4 nitrogen and oxygen atoms in total. The fourth-order valence-corrected chi connectivity index (χ4v) is 3.50. The van der Waals surface area contributed by atoms with Crippen molar-refractivity contribution in [1.29, 1.82) is 0 Å². The molecule has 23 heavy (non-hydrogen) atoms. The van der Waals surface area contributed by atoms with Crippen LogP contribution in [-0.4, -0.2) is 15.7 Å². The Hall–Kier alpha value is -2.10. The van der Waals surface area contributed by atoms with E-state index in [-0.39, 0.29) is 11.9 Å². The number of carbonyl (C=O) groups excluding carboxylic acids is 1. The van der Waals surface area contributed by atoms with Gasteiger partial charge in [0.25, 0.3) is 5.91 Å². The first kappa shape index (κ1) is 14.5. The predicted octanol–water partition coefficient (Wildman–Crippen LogP) is 3.28. The molecular weight excluding hydrogens is 286 g/mol. The first-order chi connectivity index (χ1) is 11.1. The molecule has 1 aromatic heterocycles. The third-order valence-corrected chi connectivity index (χ3v) is 5.10. The van der Waals surface area contributed by atoms with Gasteiger partial charge in [-0.3, -0.25) is 9.48 Å². The van der Waals surface area contributed by atoms with Gasteiger partial charge in [-0.15, -0.1) is 0 Å². The Labute approximate surface area is 136 Å². The molecule has 0 spiro atoms. The highest BCUT2D eigenvalue weighted by atomic mass is 16.2. The number of aromatic nitrogens is 2. The summed E-state index contributed by atoms with van der Waals surface area (Å²) >= 11 is 0. The van der Waals surface area contributed by atoms with Gasteiger partial charge in [-0.1, -0.05) is 18.2 Å². The molecular formula is C19H23N3O. The summed E-state index contributed by atoms with van der Waals surface area (Å²) in [5.41, 5.74) is 5.81. The highest BCUT2D eigenvalue weighted by Crippen LogP contribution is 2.39. The number of nitrogens with zero attached hydrogens (tertiary/aromatic N) is 2. The number of fused-ring (bicyclic) bond motifs is 1. The van der Waals surface area contributed by atoms with Gasteiger partial charge in [0.05, 0.1) is 11.7 Å². The zero-order valence-corrected chi connectivity index (χ0v) is 13.8. The van der Waals surface area contributed by atoms with Gasteiger partial charge < -0.3 is 5.32 Å². The maximum atomic E-state index is 12.6. The minimum absolute atomic E-state index is 0.00711. The molecule has 1 N–H and O–H groups in total. The number of hydrogen-bond donors (Lipinski definition) is 1. The Morgan fingerprint density at radius 2 is 2.04 bits per heavy atom. The van der Waals surface area contributed by atoms with E-state index in [0.29, 0.717) is 11.6 Å². The summed E-state index contributed by atoms with van der Waals surface area (Å²) in [4.78, 5) is 12.6. The molecule has 0 unspecified atom stereocenters. The molecule has 2 aliphatic rings. The highest BCUT2D eigenvalue weighted by Gasteiger charge is 2.28. The van der Waals surface area contributed by atoms with E-state index in [1.54, 1.807) is 4.68 Å². The quantitative estimate of drug-likeness (QED) is 0.942. The molecule has 2 aliphatic carbocycles. The van der Waals surface area contributed by atoms with E-state index in [4.69, 9.17) is 0 Å². The van der Waals surface area contributed by atoms with Crippen molar-refractivity contribution in [3.63, 3.8) is 0 Å². The number of aryl methyl sites for hydroxylation is 3. The molecule has 0 radical (unpaired) electrons. The van der Waals surface area contributed by atoms with Crippen LogP contribution >= 0.6 is 0 Å². The van der Waals surface area contributed by atoms with Crippen LogP contribution in [0.5, 0.6) is 0 Å². The Bertz CT molecular complexity index is 758. The number of amides is 1. The molecule has 1 aromatic carbocycles. The number of rotatable bonds is 4. The average Bonchev–Trinajstić information content (AvgIpc) is 3.15. The second kappa shape index (κ2) is 5.52. The minimum Gasteiger partial charge on any atom is -0.344 e.